The van der Waals surface area contributed by atoms with Crippen molar-refractivity contribution in [3.63, 3.8) is 0 Å². The minimum atomic E-state index is -0.473. The molecule has 128 valence electrons. The summed E-state index contributed by atoms with van der Waals surface area (Å²) >= 11 is 0. The molecule has 0 heterocycles. The average molecular weight is 318 g/mol. The molecule has 0 aliphatic rings. The lowest BCUT2D eigenvalue weighted by Gasteiger charge is -2.07. The summed E-state index contributed by atoms with van der Waals surface area (Å²) in [6.45, 7) is 5.84. The maximum Gasteiger partial charge on any atom is 0.338 e. The summed E-state index contributed by atoms with van der Waals surface area (Å²) in [4.78, 5) is 11.7. The smallest absolute Gasteiger partial charge is 0.338 e. The summed E-state index contributed by atoms with van der Waals surface area (Å²) in [6.07, 6.45) is 10.3. The van der Waals surface area contributed by atoms with Crippen molar-refractivity contribution in [3.8, 4) is 0 Å². The summed E-state index contributed by atoms with van der Waals surface area (Å²) in [5.41, 5.74) is 2.40. The molecule has 3 nitrogen and oxygen atoms in total. The molecular formula is C20H30O3. The fraction of sp³-hybridized carbons (Fsp3) is 0.550. The fourth-order valence-electron chi connectivity index (χ4n) is 2.50. The van der Waals surface area contributed by atoms with E-state index >= 15 is 0 Å². The minimum Gasteiger partial charge on any atom is -0.460 e. The molecule has 23 heavy (non-hydrogen) atoms. The summed E-state index contributed by atoms with van der Waals surface area (Å²) < 4.78 is 4.87. The van der Waals surface area contributed by atoms with Crippen LogP contribution in [0.2, 0.25) is 0 Å². The largest absolute Gasteiger partial charge is 0.460 e. The number of carbonyl (C=O) groups excluding carboxylic acids is 1. The van der Waals surface area contributed by atoms with Crippen LogP contribution < -0.4 is 0 Å². The Bertz CT molecular complexity index is 462. The van der Waals surface area contributed by atoms with Crippen LogP contribution in [0.15, 0.2) is 30.8 Å². The lowest BCUT2D eigenvalue weighted by molar-refractivity contribution is -0.137. The number of benzene rings is 1. The van der Waals surface area contributed by atoms with Gasteiger partial charge in [0.15, 0.2) is 0 Å². The van der Waals surface area contributed by atoms with Gasteiger partial charge in [0, 0.05) is 0 Å². The Labute approximate surface area is 140 Å². The van der Waals surface area contributed by atoms with Crippen LogP contribution in [-0.4, -0.2) is 24.3 Å². The molecule has 1 aromatic carbocycles. The van der Waals surface area contributed by atoms with Gasteiger partial charge in [0.25, 0.3) is 0 Å². The van der Waals surface area contributed by atoms with E-state index in [1.807, 2.05) is 12.1 Å². The molecule has 0 radical (unpaired) electrons. The van der Waals surface area contributed by atoms with Crippen molar-refractivity contribution in [2.45, 2.75) is 58.3 Å². The van der Waals surface area contributed by atoms with Crippen molar-refractivity contribution in [2.24, 2.45) is 0 Å². The molecule has 0 amide bonds. The summed E-state index contributed by atoms with van der Waals surface area (Å²) in [5, 5.41) is 8.66. The Morgan fingerprint density at radius 2 is 1.65 bits per heavy atom. The van der Waals surface area contributed by atoms with Crippen molar-refractivity contribution in [2.75, 3.05) is 13.2 Å². The van der Waals surface area contributed by atoms with Gasteiger partial charge in [0.05, 0.1) is 12.2 Å². The highest BCUT2D eigenvalue weighted by Gasteiger charge is 2.10. The van der Waals surface area contributed by atoms with E-state index < -0.39 is 5.97 Å². The van der Waals surface area contributed by atoms with Gasteiger partial charge in [-0.3, -0.25) is 0 Å². The highest BCUT2D eigenvalue weighted by Crippen LogP contribution is 2.17. The number of hydrogen-bond donors (Lipinski definition) is 1. The number of unbranched alkanes of at least 4 members (excludes halogenated alkanes) is 6. The molecule has 1 aromatic rings. The van der Waals surface area contributed by atoms with Gasteiger partial charge in [-0.05, 0) is 24.0 Å². The maximum absolute atomic E-state index is 11.7. The molecule has 0 spiro atoms. The molecule has 1 rings (SSSR count). The number of ether oxygens (including phenoxy) is 1. The van der Waals surface area contributed by atoms with Crippen LogP contribution in [0.5, 0.6) is 0 Å². The summed E-state index contributed by atoms with van der Waals surface area (Å²) in [6, 6.07) is 7.94. The molecule has 0 aromatic heterocycles. The topological polar surface area (TPSA) is 46.5 Å². The van der Waals surface area contributed by atoms with E-state index in [2.05, 4.69) is 25.6 Å². The zero-order valence-electron chi connectivity index (χ0n) is 14.4. The van der Waals surface area contributed by atoms with Crippen LogP contribution in [0.3, 0.4) is 0 Å². The van der Waals surface area contributed by atoms with E-state index in [1.54, 1.807) is 0 Å². The van der Waals surface area contributed by atoms with Crippen molar-refractivity contribution >= 4 is 11.5 Å². The normalized spacial score (nSPS) is 10.5. The van der Waals surface area contributed by atoms with Gasteiger partial charge in [-0.2, -0.15) is 0 Å². The first-order valence-corrected chi connectivity index (χ1v) is 8.75. The quantitative estimate of drug-likeness (QED) is 0.350. The van der Waals surface area contributed by atoms with Gasteiger partial charge in [-0.25, -0.2) is 4.79 Å². The molecule has 0 bridgehead atoms. The summed E-state index contributed by atoms with van der Waals surface area (Å²) in [7, 11) is 0. The second-order valence-corrected chi connectivity index (χ2v) is 5.91. The van der Waals surface area contributed by atoms with Gasteiger partial charge < -0.3 is 9.84 Å². The Morgan fingerprint density at radius 1 is 1.04 bits per heavy atom. The number of aryl methyl sites for hydroxylation is 1. The second kappa shape index (κ2) is 11.9. The molecule has 0 aliphatic carbocycles. The van der Waals surface area contributed by atoms with Gasteiger partial charge >= 0.3 is 5.97 Å². The molecule has 0 fully saturated rings. The Balaban J connectivity index is 2.30. The zero-order valence-corrected chi connectivity index (χ0v) is 14.4. The standard InChI is InChI=1S/C20H30O3/c1-3-4-5-6-7-8-9-10-18-11-13-19(14-12-18)17(2)20(22)23-16-15-21/h11-14,21H,2-10,15-16H2,1H3. The van der Waals surface area contributed by atoms with Crippen LogP contribution in [0.1, 0.15) is 63.0 Å². The number of aliphatic hydroxyl groups is 1. The Hall–Kier alpha value is -1.61. The average Bonchev–Trinajstić information content (AvgIpc) is 2.58. The molecule has 0 saturated carbocycles. The number of aliphatic hydroxyl groups excluding tert-OH is 1. The molecule has 1 N–H and O–H groups in total. The molecule has 0 atom stereocenters. The highest BCUT2D eigenvalue weighted by molar-refractivity contribution is 6.15. The third kappa shape index (κ3) is 7.98. The lowest BCUT2D eigenvalue weighted by Crippen LogP contribution is -2.09. The maximum atomic E-state index is 11.7. The highest BCUT2D eigenvalue weighted by atomic mass is 16.5. The molecular weight excluding hydrogens is 288 g/mol. The van der Waals surface area contributed by atoms with Crippen molar-refractivity contribution < 1.29 is 14.6 Å². The fourth-order valence-corrected chi connectivity index (χ4v) is 2.50. The predicted octanol–water partition coefficient (Wildman–Crippen LogP) is 4.53. The first-order chi connectivity index (χ1) is 11.2. The third-order valence-electron chi connectivity index (χ3n) is 3.94. The van der Waals surface area contributed by atoms with Gasteiger partial charge in [0.1, 0.15) is 6.61 Å². The van der Waals surface area contributed by atoms with Crippen molar-refractivity contribution in [1.82, 2.24) is 0 Å². The SMILES string of the molecule is C=C(C(=O)OCCO)c1ccc(CCCCCCCCC)cc1. The summed E-state index contributed by atoms with van der Waals surface area (Å²) in [5.74, 6) is -0.473. The van der Waals surface area contributed by atoms with E-state index in [1.165, 1.54) is 50.5 Å². The van der Waals surface area contributed by atoms with Crippen LogP contribution in [0, 0.1) is 0 Å². The lowest BCUT2D eigenvalue weighted by atomic mass is 10.0. The molecule has 0 unspecified atom stereocenters. The Morgan fingerprint density at radius 3 is 2.26 bits per heavy atom. The number of carbonyl (C=O) groups is 1. The molecule has 0 saturated heterocycles. The van der Waals surface area contributed by atoms with Crippen LogP contribution in [0.4, 0.5) is 0 Å². The van der Waals surface area contributed by atoms with E-state index in [0.717, 1.165) is 12.0 Å². The van der Waals surface area contributed by atoms with E-state index in [-0.39, 0.29) is 13.2 Å². The molecule has 0 aliphatic heterocycles. The Kier molecular flexibility index (Phi) is 10.0. The third-order valence-corrected chi connectivity index (χ3v) is 3.94. The van der Waals surface area contributed by atoms with E-state index in [0.29, 0.717) is 5.57 Å². The number of rotatable bonds is 12. The first-order valence-electron chi connectivity index (χ1n) is 8.75. The van der Waals surface area contributed by atoms with Crippen LogP contribution in [-0.2, 0) is 16.0 Å². The van der Waals surface area contributed by atoms with Gasteiger partial charge in [-0.1, -0.05) is 76.3 Å². The number of esters is 1. The first kappa shape index (κ1) is 19.4. The van der Waals surface area contributed by atoms with E-state index in [9.17, 15) is 4.79 Å². The van der Waals surface area contributed by atoms with Gasteiger partial charge in [0.2, 0.25) is 0 Å². The molecule has 3 heteroatoms. The zero-order chi connectivity index (χ0) is 16.9. The van der Waals surface area contributed by atoms with E-state index in [4.69, 9.17) is 9.84 Å². The van der Waals surface area contributed by atoms with Crippen molar-refractivity contribution in [1.29, 1.82) is 0 Å². The van der Waals surface area contributed by atoms with Crippen LogP contribution >= 0.6 is 0 Å². The predicted molar refractivity (Wildman–Crippen MR) is 95.2 cm³/mol. The second-order valence-electron chi connectivity index (χ2n) is 5.91. The number of hydrogen-bond acceptors (Lipinski definition) is 3. The minimum absolute atomic E-state index is 0.00813. The monoisotopic (exact) mass is 318 g/mol. The van der Waals surface area contributed by atoms with Gasteiger partial charge in [-0.15, -0.1) is 0 Å². The van der Waals surface area contributed by atoms with Crippen LogP contribution in [0.25, 0.3) is 5.57 Å². The van der Waals surface area contributed by atoms with Crippen molar-refractivity contribution in [3.05, 3.63) is 42.0 Å².